The van der Waals surface area contributed by atoms with E-state index in [4.69, 9.17) is 10.6 Å². The first-order chi connectivity index (χ1) is 26.8. The van der Waals surface area contributed by atoms with Crippen molar-refractivity contribution in [3.63, 3.8) is 0 Å². The summed E-state index contributed by atoms with van der Waals surface area (Å²) in [7, 11) is 0. The van der Waals surface area contributed by atoms with Crippen molar-refractivity contribution in [3.05, 3.63) is 146 Å². The van der Waals surface area contributed by atoms with Gasteiger partial charge < -0.3 is 48.5 Å². The Bertz CT molecular complexity index is 1450. The summed E-state index contributed by atoms with van der Waals surface area (Å²) in [5.41, 5.74) is 27.9. The molecule has 0 aromatic carbocycles. The summed E-state index contributed by atoms with van der Waals surface area (Å²) >= 11 is 0. The van der Waals surface area contributed by atoms with Crippen LogP contribution in [0.15, 0.2) is 97.1 Å². The van der Waals surface area contributed by atoms with Gasteiger partial charge in [-0.25, -0.2) is 0 Å². The quantitative estimate of drug-likeness (QED) is 0.211. The van der Waals surface area contributed by atoms with Crippen molar-refractivity contribution in [3.8, 4) is 0 Å². The third-order valence-corrected chi connectivity index (χ3v) is 11.1. The molecule has 5 saturated heterocycles. The van der Waals surface area contributed by atoms with Crippen LogP contribution < -0.4 is 16.3 Å². The summed E-state index contributed by atoms with van der Waals surface area (Å²) in [5, 5.41) is 13.9. The van der Waals surface area contributed by atoms with Crippen molar-refractivity contribution >= 4 is 0 Å². The Morgan fingerprint density at radius 3 is 1.36 bits per heavy atom. The van der Waals surface area contributed by atoms with E-state index in [0.29, 0.717) is 24.2 Å². The van der Waals surface area contributed by atoms with Crippen LogP contribution in [0.3, 0.4) is 0 Å². The van der Waals surface area contributed by atoms with E-state index >= 15 is 0 Å². The second-order valence-electron chi connectivity index (χ2n) is 14.9. The van der Waals surface area contributed by atoms with E-state index in [2.05, 4.69) is 83.2 Å². The molecule has 5 fully saturated rings. The van der Waals surface area contributed by atoms with E-state index < -0.39 is 0 Å². The van der Waals surface area contributed by atoms with E-state index in [-0.39, 0.29) is 40.7 Å². The smallest absolute Gasteiger partial charge is 0.683 e. The molecule has 55 heavy (non-hydrogen) atoms. The van der Waals surface area contributed by atoms with Gasteiger partial charge in [-0.15, -0.1) is 43.5 Å². The fraction of sp³-hybridized carbons (Fsp3) is 0.548. The Labute approximate surface area is 338 Å². The molecule has 0 bridgehead atoms. The van der Waals surface area contributed by atoms with Crippen LogP contribution in [0, 0.1) is 0 Å². The molecular weight excluding hydrogens is 731 g/mol. The van der Waals surface area contributed by atoms with E-state index in [9.17, 15) is 0 Å². The first-order valence-corrected chi connectivity index (χ1v) is 20.3. The van der Waals surface area contributed by atoms with Gasteiger partial charge in [0.1, 0.15) is 0 Å². The number of pyridine rings is 3. The molecule has 0 radical (unpaired) electrons. The molecular formula is C42H56N12Ni-4. The van der Waals surface area contributed by atoms with E-state index in [1.54, 1.807) is 0 Å². The van der Waals surface area contributed by atoms with Gasteiger partial charge in [-0.1, -0.05) is 106 Å². The van der Waals surface area contributed by atoms with Crippen molar-refractivity contribution in [1.82, 2.24) is 31.2 Å². The standard InChI is InChI=1S/2C14H20N4.C14H16N4.Ni/c3*1-3-9-15-11(5-1)13-7-8-14(18-17-13)12-6-2-4-10-16-12;/h2*1,3,5,9,12-14,18H,2,4,6-8,10H2;1-6,9,13-14,18H,7-8,10H2;/q3*-2;+2. The normalized spacial score (nSPS) is 30.7. The maximum atomic E-state index is 4.71. The van der Waals surface area contributed by atoms with Gasteiger partial charge in [-0.2, -0.15) is 0 Å². The van der Waals surface area contributed by atoms with E-state index in [1.807, 2.05) is 61.1 Å². The van der Waals surface area contributed by atoms with Crippen LogP contribution in [0.1, 0.15) is 112 Å². The molecule has 0 amide bonds. The van der Waals surface area contributed by atoms with Gasteiger partial charge in [-0.05, 0) is 73.8 Å². The first-order valence-electron chi connectivity index (χ1n) is 20.3. The number of hydrogen-bond acceptors (Lipinski definition) is 6. The summed E-state index contributed by atoms with van der Waals surface area (Å²) < 4.78 is 0. The van der Waals surface area contributed by atoms with Crippen molar-refractivity contribution in [2.24, 2.45) is 0 Å². The maximum Gasteiger partial charge on any atom is 2.00 e. The minimum Gasteiger partial charge on any atom is -0.683 e. The fourth-order valence-electron chi connectivity index (χ4n) is 8.02. The molecule has 298 valence electrons. The topological polar surface area (TPSA) is 159 Å². The Morgan fingerprint density at radius 2 is 1.02 bits per heavy atom. The third kappa shape index (κ3) is 12.4. The maximum absolute atomic E-state index is 4.71. The van der Waals surface area contributed by atoms with Crippen LogP contribution >= 0.6 is 0 Å². The largest absolute Gasteiger partial charge is 2.00 e. The van der Waals surface area contributed by atoms with Gasteiger partial charge in [0.25, 0.3) is 0 Å². The zero-order valence-corrected chi connectivity index (χ0v) is 32.7. The van der Waals surface area contributed by atoms with Crippen LogP contribution in [0.4, 0.5) is 0 Å². The Hall–Kier alpha value is -3.10. The molecule has 12 nitrogen and oxygen atoms in total. The summed E-state index contributed by atoms with van der Waals surface area (Å²) in [6.07, 6.45) is 25.8. The average Bonchev–Trinajstić information content (AvgIpc) is 3.29. The predicted octanol–water partition coefficient (Wildman–Crippen LogP) is 9.17. The molecule has 13 heteroatoms. The molecule has 0 saturated carbocycles. The molecule has 3 N–H and O–H groups in total. The SMILES string of the molecule is C1=CC[N-]C(C2CCC(c3ccccn3)[N-]N2)=C1.[Ni+2].c1ccc(C2CCC(C3CCCC[N-]3)N[N-]2)nc1.c1ccc(C2CCC(C3CCCC[N-]3)N[N-]2)nc1. The first kappa shape index (κ1) is 41.5. The predicted molar refractivity (Wildman–Crippen MR) is 217 cm³/mol. The van der Waals surface area contributed by atoms with Gasteiger partial charge in [0.05, 0.1) is 0 Å². The molecule has 8 unspecified atom stereocenters. The second-order valence-corrected chi connectivity index (χ2v) is 14.9. The number of nitrogens with zero attached hydrogens (tertiary/aromatic N) is 9. The van der Waals surface area contributed by atoms with Crippen molar-refractivity contribution < 1.29 is 16.5 Å². The average molecular weight is 788 g/mol. The summed E-state index contributed by atoms with van der Waals surface area (Å²) in [4.78, 5) is 13.1. The molecule has 0 spiro atoms. The number of allylic oxidation sites excluding steroid dienone is 2. The van der Waals surface area contributed by atoms with Gasteiger partial charge in [-0.3, -0.25) is 15.0 Å². The van der Waals surface area contributed by atoms with Crippen LogP contribution in [-0.2, 0) is 16.5 Å². The molecule has 9 heterocycles. The zero-order chi connectivity index (χ0) is 36.6. The fourth-order valence-corrected chi connectivity index (χ4v) is 8.02. The summed E-state index contributed by atoms with van der Waals surface area (Å²) in [6, 6.07) is 20.7. The number of piperidine rings is 2. The molecule has 6 aliphatic rings. The number of aromatic nitrogens is 3. The monoisotopic (exact) mass is 786 g/mol. The van der Waals surface area contributed by atoms with Crippen molar-refractivity contribution in [1.29, 1.82) is 0 Å². The second kappa shape index (κ2) is 22.6. The zero-order valence-electron chi connectivity index (χ0n) is 31.7. The van der Waals surface area contributed by atoms with Gasteiger partial charge in [0.2, 0.25) is 0 Å². The van der Waals surface area contributed by atoms with Crippen LogP contribution in [-0.4, -0.2) is 64.8 Å². The van der Waals surface area contributed by atoms with Crippen LogP contribution in [0.5, 0.6) is 0 Å². The van der Waals surface area contributed by atoms with Gasteiger partial charge in [0.15, 0.2) is 0 Å². The minimum absolute atomic E-state index is 0. The Balaban J connectivity index is 0.000000139. The Morgan fingerprint density at radius 1 is 0.527 bits per heavy atom. The summed E-state index contributed by atoms with van der Waals surface area (Å²) in [6.45, 7) is 2.85. The molecule has 3 aromatic heterocycles. The molecule has 0 aliphatic carbocycles. The molecule has 6 aliphatic heterocycles. The Kier molecular flexibility index (Phi) is 17.1. The minimum atomic E-state index is 0. The van der Waals surface area contributed by atoms with Gasteiger partial charge >= 0.3 is 16.5 Å². The molecule has 8 atom stereocenters. The van der Waals surface area contributed by atoms with Gasteiger partial charge in [0, 0.05) is 35.7 Å². The number of rotatable bonds is 6. The number of hydrogen-bond donors (Lipinski definition) is 3. The van der Waals surface area contributed by atoms with Crippen molar-refractivity contribution in [2.75, 3.05) is 19.6 Å². The van der Waals surface area contributed by atoms with Crippen LogP contribution in [0.2, 0.25) is 0 Å². The number of nitrogens with one attached hydrogen (secondary N) is 3. The summed E-state index contributed by atoms with van der Waals surface area (Å²) in [5.74, 6) is 0. The molecule has 3 aromatic rings. The van der Waals surface area contributed by atoms with E-state index in [1.165, 1.54) is 38.5 Å². The molecule has 9 rings (SSSR count). The third-order valence-electron chi connectivity index (χ3n) is 11.1. The van der Waals surface area contributed by atoms with Crippen LogP contribution in [0.25, 0.3) is 32.2 Å². The van der Waals surface area contributed by atoms with Crippen molar-refractivity contribution in [2.45, 2.75) is 125 Å². The van der Waals surface area contributed by atoms with E-state index in [0.717, 1.165) is 80.9 Å².